The lowest BCUT2D eigenvalue weighted by molar-refractivity contribution is -0.116. The first-order valence-electron chi connectivity index (χ1n) is 9.14. The summed E-state index contributed by atoms with van der Waals surface area (Å²) in [6.07, 6.45) is 0.230. The SMILES string of the molecule is CC(=O)Nc1cccc(NC(=O)Cc2c(C)nn(-c3ccccc3)c2C)c1C. The van der Waals surface area contributed by atoms with Gasteiger partial charge < -0.3 is 10.6 Å². The maximum atomic E-state index is 12.7. The number of carbonyl (C=O) groups is 2. The van der Waals surface area contributed by atoms with Gasteiger partial charge in [-0.15, -0.1) is 0 Å². The zero-order chi connectivity index (χ0) is 20.3. The van der Waals surface area contributed by atoms with Gasteiger partial charge in [0.1, 0.15) is 0 Å². The van der Waals surface area contributed by atoms with Crippen molar-refractivity contribution in [2.45, 2.75) is 34.1 Å². The molecule has 1 aromatic heterocycles. The third-order valence-electron chi connectivity index (χ3n) is 4.70. The highest BCUT2D eigenvalue weighted by Gasteiger charge is 2.17. The number of anilines is 2. The number of hydrogen-bond donors (Lipinski definition) is 2. The second-order valence-corrected chi connectivity index (χ2v) is 6.78. The van der Waals surface area contributed by atoms with Gasteiger partial charge >= 0.3 is 0 Å². The fourth-order valence-electron chi connectivity index (χ4n) is 3.20. The van der Waals surface area contributed by atoms with Crippen LogP contribution in [0.2, 0.25) is 0 Å². The Bertz CT molecular complexity index is 1020. The standard InChI is InChI=1S/C22H24N4O2/c1-14-20(23-17(4)27)11-8-12-21(14)24-22(28)13-19-15(2)25-26(16(19)3)18-9-6-5-7-10-18/h5-12H,13H2,1-4H3,(H,23,27)(H,24,28). The molecule has 6 nitrogen and oxygen atoms in total. The van der Waals surface area contributed by atoms with Gasteiger partial charge in [-0.2, -0.15) is 5.10 Å². The van der Waals surface area contributed by atoms with Crippen molar-refractivity contribution in [1.29, 1.82) is 0 Å². The Kier molecular flexibility index (Phi) is 5.59. The van der Waals surface area contributed by atoms with Crippen molar-refractivity contribution in [2.75, 3.05) is 10.6 Å². The van der Waals surface area contributed by atoms with Crippen molar-refractivity contribution in [1.82, 2.24) is 9.78 Å². The maximum absolute atomic E-state index is 12.7. The summed E-state index contributed by atoms with van der Waals surface area (Å²) in [4.78, 5) is 24.0. The summed E-state index contributed by atoms with van der Waals surface area (Å²) in [7, 11) is 0. The molecule has 0 aliphatic rings. The fourth-order valence-corrected chi connectivity index (χ4v) is 3.20. The van der Waals surface area contributed by atoms with Crippen LogP contribution < -0.4 is 10.6 Å². The van der Waals surface area contributed by atoms with Gasteiger partial charge in [0.15, 0.2) is 0 Å². The molecular formula is C22H24N4O2. The molecule has 0 saturated heterocycles. The van der Waals surface area contributed by atoms with Crippen molar-refractivity contribution < 1.29 is 9.59 Å². The first-order valence-corrected chi connectivity index (χ1v) is 9.14. The number of benzene rings is 2. The lowest BCUT2D eigenvalue weighted by Gasteiger charge is -2.13. The van der Waals surface area contributed by atoms with Crippen molar-refractivity contribution >= 4 is 23.2 Å². The lowest BCUT2D eigenvalue weighted by Crippen LogP contribution is -2.17. The summed E-state index contributed by atoms with van der Waals surface area (Å²) in [5, 5.41) is 10.3. The van der Waals surface area contributed by atoms with Crippen molar-refractivity contribution in [3.8, 4) is 5.69 Å². The Hall–Kier alpha value is -3.41. The van der Waals surface area contributed by atoms with E-state index in [0.717, 1.165) is 28.2 Å². The third kappa shape index (κ3) is 4.11. The number of nitrogens with zero attached hydrogens (tertiary/aromatic N) is 2. The quantitative estimate of drug-likeness (QED) is 0.708. The first-order chi connectivity index (χ1) is 13.4. The molecule has 0 atom stereocenters. The molecule has 0 saturated carbocycles. The summed E-state index contributed by atoms with van der Waals surface area (Å²) >= 11 is 0. The minimum absolute atomic E-state index is 0.123. The predicted octanol–water partition coefficient (Wildman–Crippen LogP) is 3.94. The van der Waals surface area contributed by atoms with Crippen LogP contribution in [0.25, 0.3) is 5.69 Å². The van der Waals surface area contributed by atoms with Crippen LogP contribution in [0.4, 0.5) is 11.4 Å². The summed E-state index contributed by atoms with van der Waals surface area (Å²) in [5.74, 6) is -0.270. The molecule has 2 amide bonds. The lowest BCUT2D eigenvalue weighted by atomic mass is 10.1. The Labute approximate surface area is 164 Å². The van der Waals surface area contributed by atoms with Crippen LogP contribution in [-0.4, -0.2) is 21.6 Å². The minimum Gasteiger partial charge on any atom is -0.326 e. The van der Waals surface area contributed by atoms with E-state index in [-0.39, 0.29) is 18.2 Å². The molecule has 0 aliphatic heterocycles. The highest BCUT2D eigenvalue weighted by Crippen LogP contribution is 2.24. The Morgan fingerprint density at radius 3 is 2.21 bits per heavy atom. The van der Waals surface area contributed by atoms with Crippen LogP contribution in [0.3, 0.4) is 0 Å². The molecule has 3 rings (SSSR count). The molecule has 6 heteroatoms. The first kappa shape index (κ1) is 19.4. The number of nitrogens with one attached hydrogen (secondary N) is 2. The molecule has 2 N–H and O–H groups in total. The van der Waals surface area contributed by atoms with Gasteiger partial charge in [-0.05, 0) is 50.6 Å². The molecule has 144 valence electrons. The van der Waals surface area contributed by atoms with Gasteiger partial charge in [0.25, 0.3) is 0 Å². The van der Waals surface area contributed by atoms with E-state index >= 15 is 0 Å². The minimum atomic E-state index is -0.147. The monoisotopic (exact) mass is 376 g/mol. The second kappa shape index (κ2) is 8.08. The molecule has 2 aromatic carbocycles. The molecule has 0 fully saturated rings. The number of carbonyl (C=O) groups excluding carboxylic acids is 2. The molecule has 0 aliphatic carbocycles. The maximum Gasteiger partial charge on any atom is 0.228 e. The molecule has 28 heavy (non-hydrogen) atoms. The van der Waals surface area contributed by atoms with Gasteiger partial charge in [-0.1, -0.05) is 24.3 Å². The van der Waals surface area contributed by atoms with E-state index in [1.807, 2.05) is 67.9 Å². The van der Waals surface area contributed by atoms with E-state index in [2.05, 4.69) is 15.7 Å². The smallest absolute Gasteiger partial charge is 0.228 e. The summed E-state index contributed by atoms with van der Waals surface area (Å²) in [6, 6.07) is 15.3. The molecular weight excluding hydrogens is 352 g/mol. The number of para-hydroxylation sites is 1. The number of rotatable bonds is 5. The molecule has 0 spiro atoms. The van der Waals surface area contributed by atoms with E-state index in [1.54, 1.807) is 6.07 Å². The van der Waals surface area contributed by atoms with Crippen LogP contribution in [0.15, 0.2) is 48.5 Å². The van der Waals surface area contributed by atoms with Crippen LogP contribution in [0, 0.1) is 20.8 Å². The van der Waals surface area contributed by atoms with Crippen LogP contribution in [0.1, 0.15) is 29.4 Å². The van der Waals surface area contributed by atoms with Gasteiger partial charge in [-0.25, -0.2) is 4.68 Å². The highest BCUT2D eigenvalue weighted by molar-refractivity contribution is 5.96. The van der Waals surface area contributed by atoms with Crippen molar-refractivity contribution in [3.05, 3.63) is 71.0 Å². The Balaban J connectivity index is 1.80. The van der Waals surface area contributed by atoms with Crippen molar-refractivity contribution in [3.63, 3.8) is 0 Å². The van der Waals surface area contributed by atoms with E-state index in [4.69, 9.17) is 0 Å². The number of hydrogen-bond acceptors (Lipinski definition) is 3. The van der Waals surface area contributed by atoms with E-state index < -0.39 is 0 Å². The van der Waals surface area contributed by atoms with Gasteiger partial charge in [0, 0.05) is 29.6 Å². The zero-order valence-corrected chi connectivity index (χ0v) is 16.5. The fraction of sp³-hybridized carbons (Fsp3) is 0.227. The summed E-state index contributed by atoms with van der Waals surface area (Å²) < 4.78 is 1.86. The van der Waals surface area contributed by atoms with Gasteiger partial charge in [0.2, 0.25) is 11.8 Å². The topological polar surface area (TPSA) is 76.0 Å². The second-order valence-electron chi connectivity index (χ2n) is 6.78. The van der Waals surface area contributed by atoms with Gasteiger partial charge in [-0.3, -0.25) is 9.59 Å². The normalized spacial score (nSPS) is 10.6. The Morgan fingerprint density at radius 2 is 1.57 bits per heavy atom. The number of aromatic nitrogens is 2. The molecule has 0 unspecified atom stereocenters. The van der Waals surface area contributed by atoms with Crippen molar-refractivity contribution in [2.24, 2.45) is 0 Å². The number of amides is 2. The van der Waals surface area contributed by atoms with Crippen LogP contribution >= 0.6 is 0 Å². The molecule has 0 radical (unpaired) electrons. The largest absolute Gasteiger partial charge is 0.326 e. The average molecular weight is 376 g/mol. The van der Waals surface area contributed by atoms with Gasteiger partial charge in [0.05, 0.1) is 17.8 Å². The summed E-state index contributed by atoms with van der Waals surface area (Å²) in [5.41, 5.74) is 5.85. The predicted molar refractivity (Wildman–Crippen MR) is 111 cm³/mol. The summed E-state index contributed by atoms with van der Waals surface area (Å²) in [6.45, 7) is 7.21. The van der Waals surface area contributed by atoms with E-state index in [1.165, 1.54) is 6.92 Å². The highest BCUT2D eigenvalue weighted by atomic mass is 16.2. The average Bonchev–Trinajstić information content (AvgIpc) is 2.93. The zero-order valence-electron chi connectivity index (χ0n) is 16.5. The Morgan fingerprint density at radius 1 is 0.929 bits per heavy atom. The molecule has 1 heterocycles. The molecule has 0 bridgehead atoms. The van der Waals surface area contributed by atoms with Crippen LogP contribution in [0.5, 0.6) is 0 Å². The number of aryl methyl sites for hydroxylation is 1. The molecule has 3 aromatic rings. The van der Waals surface area contributed by atoms with E-state index in [0.29, 0.717) is 11.4 Å². The van der Waals surface area contributed by atoms with E-state index in [9.17, 15) is 9.59 Å². The third-order valence-corrected chi connectivity index (χ3v) is 4.70. The van der Waals surface area contributed by atoms with Crippen LogP contribution in [-0.2, 0) is 16.0 Å².